The topological polar surface area (TPSA) is 295 Å². The Balaban J connectivity index is 1.60. The summed E-state index contributed by atoms with van der Waals surface area (Å²) in [5.41, 5.74) is 2.73. The quantitative estimate of drug-likeness (QED) is 0.0653. The first kappa shape index (κ1) is 43.1. The second-order valence-electron chi connectivity index (χ2n) is 13.9. The monoisotopic (exact) mass is 760 g/mol. The summed E-state index contributed by atoms with van der Waals surface area (Å²) in [5.74, 6) is -3.11. The first-order chi connectivity index (χ1) is 25.0. The van der Waals surface area contributed by atoms with Gasteiger partial charge >= 0.3 is 5.97 Å². The van der Waals surface area contributed by atoms with Crippen molar-refractivity contribution >= 4 is 5.97 Å². The van der Waals surface area contributed by atoms with Crippen molar-refractivity contribution in [1.29, 1.82) is 0 Å². The molecule has 11 N–H and O–H groups in total. The maximum absolute atomic E-state index is 13.6. The molecule has 3 aliphatic rings. The highest BCUT2D eigenvalue weighted by Gasteiger charge is 2.58. The minimum Gasteiger partial charge on any atom is -0.461 e. The van der Waals surface area contributed by atoms with Gasteiger partial charge < -0.3 is 84.6 Å². The standard InChI is InChI=1S/C35H52O18/c1-15(2)5-7-17-9-19(10-18(8-6-16(3)4)30(17)51-33-28(44)26(42)23(39)20(11-36)49-33)32(47)48-13-22-24(40)27(43)29(45)34(50-22)53-35(14-38)31(46)25(41)21(12-37)52-35/h5-6,9-10,20-29,31,33-34,36-46H,7-8,11-14H2,1-4H3. The summed E-state index contributed by atoms with van der Waals surface area (Å²) in [6.07, 6.45) is -17.7. The van der Waals surface area contributed by atoms with Gasteiger partial charge in [-0.1, -0.05) is 23.3 Å². The number of benzene rings is 1. The Bertz CT molecular complexity index is 1400. The lowest BCUT2D eigenvalue weighted by Gasteiger charge is -2.43. The van der Waals surface area contributed by atoms with Gasteiger partial charge in [-0.25, -0.2) is 4.79 Å². The summed E-state index contributed by atoms with van der Waals surface area (Å²) >= 11 is 0. The third-order valence-electron chi connectivity index (χ3n) is 9.29. The average Bonchev–Trinajstić information content (AvgIpc) is 3.37. The molecule has 3 heterocycles. The molecule has 0 saturated carbocycles. The van der Waals surface area contributed by atoms with E-state index in [0.717, 1.165) is 11.1 Å². The van der Waals surface area contributed by atoms with Gasteiger partial charge in [-0.05, 0) is 63.8 Å². The van der Waals surface area contributed by atoms with Crippen molar-refractivity contribution in [1.82, 2.24) is 0 Å². The third-order valence-corrected chi connectivity index (χ3v) is 9.29. The van der Waals surface area contributed by atoms with Crippen molar-refractivity contribution in [2.75, 3.05) is 26.4 Å². The van der Waals surface area contributed by atoms with Gasteiger partial charge in [0, 0.05) is 0 Å². The fraction of sp³-hybridized carbons (Fsp3) is 0.686. The maximum atomic E-state index is 13.6. The molecular formula is C35H52O18. The molecule has 53 heavy (non-hydrogen) atoms. The van der Waals surface area contributed by atoms with E-state index in [2.05, 4.69) is 0 Å². The number of hydrogen-bond acceptors (Lipinski definition) is 18. The summed E-state index contributed by atoms with van der Waals surface area (Å²) in [6.45, 7) is 4.22. The molecule has 0 spiro atoms. The second-order valence-corrected chi connectivity index (χ2v) is 13.9. The predicted molar refractivity (Wildman–Crippen MR) is 179 cm³/mol. The Kier molecular flexibility index (Phi) is 14.9. The van der Waals surface area contributed by atoms with E-state index in [1.54, 1.807) is 0 Å². The van der Waals surface area contributed by atoms with Crippen LogP contribution in [0.2, 0.25) is 0 Å². The molecule has 1 aromatic carbocycles. The summed E-state index contributed by atoms with van der Waals surface area (Å²) in [4.78, 5) is 13.6. The van der Waals surface area contributed by atoms with Crippen LogP contribution >= 0.6 is 0 Å². The number of carbonyl (C=O) groups excluding carboxylic acids is 1. The van der Waals surface area contributed by atoms with Gasteiger partial charge in [-0.2, -0.15) is 0 Å². The van der Waals surface area contributed by atoms with Gasteiger partial charge in [-0.3, -0.25) is 0 Å². The molecule has 14 unspecified atom stereocenters. The molecule has 4 rings (SSSR count). The van der Waals surface area contributed by atoms with Gasteiger partial charge in [0.25, 0.3) is 0 Å². The molecule has 18 heteroatoms. The van der Waals surface area contributed by atoms with E-state index >= 15 is 0 Å². The van der Waals surface area contributed by atoms with E-state index in [0.29, 0.717) is 11.1 Å². The van der Waals surface area contributed by atoms with Crippen LogP contribution in [0.25, 0.3) is 0 Å². The highest BCUT2D eigenvalue weighted by molar-refractivity contribution is 5.90. The summed E-state index contributed by atoms with van der Waals surface area (Å²) in [5, 5.41) is 113. The number of ether oxygens (including phenoxy) is 6. The van der Waals surface area contributed by atoms with Crippen molar-refractivity contribution < 1.29 is 89.4 Å². The van der Waals surface area contributed by atoms with Crippen LogP contribution in [0.3, 0.4) is 0 Å². The Morgan fingerprint density at radius 1 is 0.698 bits per heavy atom. The van der Waals surface area contributed by atoms with E-state index in [1.165, 1.54) is 12.1 Å². The summed E-state index contributed by atoms with van der Waals surface area (Å²) in [6, 6.07) is 2.92. The molecule has 3 saturated heterocycles. The number of rotatable bonds is 14. The molecule has 18 nitrogen and oxygen atoms in total. The molecule has 3 aliphatic heterocycles. The fourth-order valence-electron chi connectivity index (χ4n) is 6.10. The Morgan fingerprint density at radius 3 is 1.70 bits per heavy atom. The van der Waals surface area contributed by atoms with Gasteiger partial charge in [-0.15, -0.1) is 0 Å². The van der Waals surface area contributed by atoms with Gasteiger partial charge in [0.05, 0.1) is 18.8 Å². The van der Waals surface area contributed by atoms with Crippen LogP contribution in [-0.4, -0.2) is 174 Å². The lowest BCUT2D eigenvalue weighted by Crippen LogP contribution is -2.62. The Hall–Kier alpha value is -2.63. The predicted octanol–water partition coefficient (Wildman–Crippen LogP) is -3.33. The normalized spacial score (nSPS) is 37.2. The number of aliphatic hydroxyl groups is 11. The van der Waals surface area contributed by atoms with Crippen LogP contribution < -0.4 is 4.74 Å². The van der Waals surface area contributed by atoms with Crippen LogP contribution in [-0.2, 0) is 36.5 Å². The zero-order chi connectivity index (χ0) is 39.4. The number of esters is 1. The fourth-order valence-corrected chi connectivity index (χ4v) is 6.10. The molecular weight excluding hydrogens is 708 g/mol. The molecule has 0 aromatic heterocycles. The molecule has 1 aromatic rings. The molecule has 0 radical (unpaired) electrons. The second kappa shape index (κ2) is 18.3. The van der Waals surface area contributed by atoms with Crippen LogP contribution in [0.4, 0.5) is 0 Å². The molecule has 14 atom stereocenters. The van der Waals surface area contributed by atoms with Gasteiger partial charge in [0.15, 0.2) is 6.29 Å². The maximum Gasteiger partial charge on any atom is 0.338 e. The van der Waals surface area contributed by atoms with Gasteiger partial charge in [0.1, 0.15) is 86.1 Å². The van der Waals surface area contributed by atoms with E-state index < -0.39 is 118 Å². The molecule has 3 fully saturated rings. The van der Waals surface area contributed by atoms with E-state index in [-0.39, 0.29) is 24.2 Å². The van der Waals surface area contributed by atoms with Crippen molar-refractivity contribution in [2.24, 2.45) is 0 Å². The molecule has 0 amide bonds. The van der Waals surface area contributed by atoms with Crippen LogP contribution in [0.1, 0.15) is 49.2 Å². The van der Waals surface area contributed by atoms with Crippen molar-refractivity contribution in [3.05, 3.63) is 52.1 Å². The lowest BCUT2D eigenvalue weighted by molar-refractivity contribution is -0.383. The minimum atomic E-state index is -2.40. The van der Waals surface area contributed by atoms with Gasteiger partial charge in [0.2, 0.25) is 12.1 Å². The smallest absolute Gasteiger partial charge is 0.338 e. The highest BCUT2D eigenvalue weighted by Crippen LogP contribution is 2.37. The SMILES string of the molecule is CC(C)=CCc1cc(C(=O)OCC2OC(OC3(CO)OC(CO)C(O)C3O)C(O)C(O)C2O)cc(CC=C(C)C)c1OC1OC(CO)C(O)C(O)C1O. The third kappa shape index (κ3) is 9.61. The van der Waals surface area contributed by atoms with E-state index in [4.69, 9.17) is 28.4 Å². The highest BCUT2D eigenvalue weighted by atomic mass is 16.8. The van der Waals surface area contributed by atoms with Crippen molar-refractivity contribution in [2.45, 2.75) is 126 Å². The van der Waals surface area contributed by atoms with Crippen molar-refractivity contribution in [3.63, 3.8) is 0 Å². The molecule has 300 valence electrons. The average molecular weight is 761 g/mol. The largest absolute Gasteiger partial charge is 0.461 e. The van der Waals surface area contributed by atoms with Crippen LogP contribution in [0.5, 0.6) is 5.75 Å². The first-order valence-electron chi connectivity index (χ1n) is 17.2. The molecule has 0 bridgehead atoms. The number of allylic oxidation sites excluding steroid dienone is 4. The lowest BCUT2D eigenvalue weighted by atomic mass is 9.97. The number of hydrogen-bond donors (Lipinski definition) is 11. The minimum absolute atomic E-state index is 0.0184. The Morgan fingerprint density at radius 2 is 1.21 bits per heavy atom. The zero-order valence-electron chi connectivity index (χ0n) is 29.8. The van der Waals surface area contributed by atoms with Crippen LogP contribution in [0.15, 0.2) is 35.4 Å². The zero-order valence-corrected chi connectivity index (χ0v) is 29.8. The number of carbonyl (C=O) groups is 1. The molecule has 0 aliphatic carbocycles. The van der Waals surface area contributed by atoms with E-state index in [1.807, 2.05) is 39.8 Å². The van der Waals surface area contributed by atoms with E-state index in [9.17, 15) is 61.0 Å². The Labute approximate surface area is 305 Å². The van der Waals surface area contributed by atoms with Crippen LogP contribution in [0, 0.1) is 0 Å². The first-order valence-corrected chi connectivity index (χ1v) is 17.2. The number of aliphatic hydroxyl groups excluding tert-OH is 11. The summed E-state index contributed by atoms with van der Waals surface area (Å²) in [7, 11) is 0. The summed E-state index contributed by atoms with van der Waals surface area (Å²) < 4.78 is 33.7. The van der Waals surface area contributed by atoms with Crippen molar-refractivity contribution in [3.8, 4) is 5.75 Å².